The molecule has 1 aliphatic heterocycles. The second-order valence-electron chi connectivity index (χ2n) is 10.1. The van der Waals surface area contributed by atoms with Crippen LogP contribution in [0, 0.1) is 5.82 Å². The Morgan fingerprint density at radius 1 is 0.537 bits per heavy atom. The number of hydrogen-bond donors (Lipinski definition) is 0. The average Bonchev–Trinajstić information content (AvgIpc) is 3.03. The van der Waals surface area contributed by atoms with Crippen LogP contribution in [0.2, 0.25) is 0 Å². The van der Waals surface area contributed by atoms with Crippen LogP contribution in [-0.2, 0) is 0 Å². The highest BCUT2D eigenvalue weighted by atomic mass is 32.2. The lowest BCUT2D eigenvalue weighted by Crippen LogP contribution is -2.15. The first-order chi connectivity index (χ1) is 20.2. The van der Waals surface area contributed by atoms with Gasteiger partial charge in [-0.3, -0.25) is 0 Å². The Kier molecular flexibility index (Phi) is 5.61. The normalized spacial score (nSPS) is 12.4. The van der Waals surface area contributed by atoms with E-state index in [0.29, 0.717) is 0 Å². The fourth-order valence-electron chi connectivity index (χ4n) is 5.83. The first-order valence-electron chi connectivity index (χ1n) is 13.6. The first-order valence-corrected chi connectivity index (χ1v) is 14.4. The maximum atomic E-state index is 13.9. The molecule has 1 aromatic heterocycles. The standard InChI is InChI=1S/C37H23FN2S/c38-26-21-19-25(20-22-26)31-23-30(28-12-7-10-24-9-1-2-11-27(24)28)29-13-8-16-34(37(29)39-31)40-32-14-3-5-17-35(32)41-36-18-6-4-15-33(36)40/h1-23H. The highest BCUT2D eigenvalue weighted by Crippen LogP contribution is 2.52. The van der Waals surface area contributed by atoms with Crippen molar-refractivity contribution in [3.63, 3.8) is 0 Å². The van der Waals surface area contributed by atoms with Crippen molar-refractivity contribution in [1.82, 2.24) is 4.98 Å². The molecule has 1 aliphatic rings. The van der Waals surface area contributed by atoms with Crippen LogP contribution in [0.4, 0.5) is 21.5 Å². The van der Waals surface area contributed by atoms with Crippen molar-refractivity contribution >= 4 is 50.5 Å². The number of pyridine rings is 1. The minimum Gasteiger partial charge on any atom is -0.306 e. The van der Waals surface area contributed by atoms with Gasteiger partial charge < -0.3 is 4.90 Å². The molecule has 8 rings (SSSR count). The zero-order valence-electron chi connectivity index (χ0n) is 22.0. The van der Waals surface area contributed by atoms with Crippen molar-refractivity contribution in [2.45, 2.75) is 9.79 Å². The van der Waals surface area contributed by atoms with Crippen LogP contribution in [0.25, 0.3) is 44.1 Å². The number of nitrogens with zero attached hydrogens (tertiary/aromatic N) is 2. The van der Waals surface area contributed by atoms with Gasteiger partial charge in [0.2, 0.25) is 0 Å². The Morgan fingerprint density at radius 2 is 1.15 bits per heavy atom. The monoisotopic (exact) mass is 546 g/mol. The fraction of sp³-hybridized carbons (Fsp3) is 0. The summed E-state index contributed by atoms with van der Waals surface area (Å²) in [4.78, 5) is 10.0. The van der Waals surface area contributed by atoms with Crippen LogP contribution in [0.5, 0.6) is 0 Å². The molecular weight excluding hydrogens is 523 g/mol. The van der Waals surface area contributed by atoms with E-state index in [1.165, 1.54) is 32.7 Å². The van der Waals surface area contributed by atoms with E-state index in [0.717, 1.165) is 50.3 Å². The second-order valence-corrected chi connectivity index (χ2v) is 11.2. The van der Waals surface area contributed by atoms with Gasteiger partial charge in [0, 0.05) is 20.7 Å². The second kappa shape index (κ2) is 9.61. The van der Waals surface area contributed by atoms with Gasteiger partial charge in [0.1, 0.15) is 5.82 Å². The van der Waals surface area contributed by atoms with Gasteiger partial charge in [-0.15, -0.1) is 0 Å². The zero-order chi connectivity index (χ0) is 27.3. The minimum atomic E-state index is -0.261. The van der Waals surface area contributed by atoms with E-state index < -0.39 is 0 Å². The molecule has 0 bridgehead atoms. The number of rotatable bonds is 3. The topological polar surface area (TPSA) is 16.1 Å². The molecule has 2 nitrogen and oxygen atoms in total. The molecule has 0 fully saturated rings. The Labute approximate surface area is 241 Å². The minimum absolute atomic E-state index is 0.261. The summed E-state index contributed by atoms with van der Waals surface area (Å²) >= 11 is 1.79. The number of benzene rings is 6. The van der Waals surface area contributed by atoms with Crippen molar-refractivity contribution in [2.24, 2.45) is 0 Å². The number of fused-ring (bicyclic) bond motifs is 4. The van der Waals surface area contributed by atoms with Crippen molar-refractivity contribution in [3.05, 3.63) is 145 Å². The highest BCUT2D eigenvalue weighted by molar-refractivity contribution is 7.99. The Hall–Kier alpha value is -4.93. The lowest BCUT2D eigenvalue weighted by atomic mass is 9.93. The van der Waals surface area contributed by atoms with Gasteiger partial charge in [-0.2, -0.15) is 0 Å². The van der Waals surface area contributed by atoms with Gasteiger partial charge in [0.25, 0.3) is 0 Å². The predicted octanol–water partition coefficient (Wildman–Crippen LogP) is 10.8. The molecule has 0 aliphatic carbocycles. The Bertz CT molecular complexity index is 2050. The van der Waals surface area contributed by atoms with Gasteiger partial charge >= 0.3 is 0 Å². The number of anilines is 3. The molecule has 0 saturated carbocycles. The predicted molar refractivity (Wildman–Crippen MR) is 169 cm³/mol. The largest absolute Gasteiger partial charge is 0.306 e. The van der Waals surface area contributed by atoms with Crippen LogP contribution < -0.4 is 4.90 Å². The molecule has 0 saturated heterocycles. The summed E-state index contributed by atoms with van der Waals surface area (Å²) in [6, 6.07) is 47.2. The molecule has 0 spiro atoms. The molecule has 194 valence electrons. The summed E-state index contributed by atoms with van der Waals surface area (Å²) in [6.45, 7) is 0. The summed E-state index contributed by atoms with van der Waals surface area (Å²) in [5.41, 5.74) is 8.09. The molecule has 0 unspecified atom stereocenters. The zero-order valence-corrected chi connectivity index (χ0v) is 22.8. The molecule has 0 radical (unpaired) electrons. The van der Waals surface area contributed by atoms with Crippen LogP contribution in [0.1, 0.15) is 0 Å². The molecule has 0 amide bonds. The molecular formula is C37H23FN2S. The van der Waals surface area contributed by atoms with E-state index in [1.54, 1.807) is 23.9 Å². The molecule has 7 aromatic rings. The third-order valence-corrected chi connectivity index (χ3v) is 8.84. The SMILES string of the molecule is Fc1ccc(-c2cc(-c3cccc4ccccc34)c3cccc(N4c5ccccc5Sc5ccccc54)c3n2)cc1. The van der Waals surface area contributed by atoms with Crippen LogP contribution >= 0.6 is 11.8 Å². The maximum Gasteiger partial charge on any atom is 0.123 e. The van der Waals surface area contributed by atoms with E-state index in [9.17, 15) is 4.39 Å². The summed E-state index contributed by atoms with van der Waals surface area (Å²) in [6.07, 6.45) is 0. The van der Waals surface area contributed by atoms with Crippen molar-refractivity contribution in [3.8, 4) is 22.4 Å². The lowest BCUT2D eigenvalue weighted by Gasteiger charge is -2.33. The Balaban J connectivity index is 1.47. The smallest absolute Gasteiger partial charge is 0.123 e. The molecule has 6 aromatic carbocycles. The van der Waals surface area contributed by atoms with Gasteiger partial charge in [-0.05, 0) is 82.6 Å². The van der Waals surface area contributed by atoms with E-state index in [4.69, 9.17) is 4.98 Å². The van der Waals surface area contributed by atoms with Crippen LogP contribution in [0.3, 0.4) is 0 Å². The number of para-hydroxylation sites is 3. The van der Waals surface area contributed by atoms with E-state index in [-0.39, 0.29) is 5.82 Å². The number of aromatic nitrogens is 1. The molecule has 41 heavy (non-hydrogen) atoms. The van der Waals surface area contributed by atoms with E-state index >= 15 is 0 Å². The quantitative estimate of drug-likeness (QED) is 0.219. The van der Waals surface area contributed by atoms with Crippen molar-refractivity contribution in [2.75, 3.05) is 4.90 Å². The van der Waals surface area contributed by atoms with Gasteiger partial charge in [0.05, 0.1) is 28.3 Å². The first kappa shape index (κ1) is 23.9. The molecule has 4 heteroatoms. The van der Waals surface area contributed by atoms with Crippen LogP contribution in [-0.4, -0.2) is 4.98 Å². The maximum absolute atomic E-state index is 13.9. The average molecular weight is 547 g/mol. The summed E-state index contributed by atoms with van der Waals surface area (Å²) in [5, 5.41) is 3.44. The van der Waals surface area contributed by atoms with Gasteiger partial charge in [-0.1, -0.05) is 90.6 Å². The fourth-order valence-corrected chi connectivity index (χ4v) is 6.89. The molecule has 2 heterocycles. The third-order valence-electron chi connectivity index (χ3n) is 7.71. The summed E-state index contributed by atoms with van der Waals surface area (Å²) in [5.74, 6) is -0.261. The lowest BCUT2D eigenvalue weighted by molar-refractivity contribution is 0.628. The van der Waals surface area contributed by atoms with E-state index in [2.05, 4.69) is 120 Å². The summed E-state index contributed by atoms with van der Waals surface area (Å²) < 4.78 is 13.9. The Morgan fingerprint density at radius 3 is 1.93 bits per heavy atom. The number of halogens is 1. The van der Waals surface area contributed by atoms with Crippen molar-refractivity contribution < 1.29 is 4.39 Å². The molecule has 0 atom stereocenters. The molecule has 0 N–H and O–H groups in total. The van der Waals surface area contributed by atoms with Crippen LogP contribution in [0.15, 0.2) is 149 Å². The number of hydrogen-bond acceptors (Lipinski definition) is 3. The van der Waals surface area contributed by atoms with Gasteiger partial charge in [0.15, 0.2) is 0 Å². The van der Waals surface area contributed by atoms with E-state index in [1.807, 2.05) is 0 Å². The van der Waals surface area contributed by atoms with Crippen molar-refractivity contribution in [1.29, 1.82) is 0 Å². The van der Waals surface area contributed by atoms with Gasteiger partial charge in [-0.25, -0.2) is 9.37 Å². The highest BCUT2D eigenvalue weighted by Gasteiger charge is 2.26. The summed E-state index contributed by atoms with van der Waals surface area (Å²) in [7, 11) is 0. The third kappa shape index (κ3) is 3.99.